The van der Waals surface area contributed by atoms with Gasteiger partial charge in [0.1, 0.15) is 0 Å². The van der Waals surface area contributed by atoms with Crippen molar-refractivity contribution in [3.63, 3.8) is 0 Å². The Morgan fingerprint density at radius 2 is 1.33 bits per heavy atom. The van der Waals surface area contributed by atoms with Crippen LogP contribution in [0.25, 0.3) is 0 Å². The van der Waals surface area contributed by atoms with E-state index in [4.69, 9.17) is 0 Å². The van der Waals surface area contributed by atoms with Crippen molar-refractivity contribution < 1.29 is 21.1 Å². The molecule has 0 saturated heterocycles. The van der Waals surface area contributed by atoms with E-state index in [-0.39, 0.29) is 29.7 Å². The Kier molecular flexibility index (Phi) is 52.2. The fourth-order valence-corrected chi connectivity index (χ4v) is 0.697. The van der Waals surface area contributed by atoms with E-state index in [1.165, 1.54) is 32.1 Å². The summed E-state index contributed by atoms with van der Waals surface area (Å²) >= 11 is 16.5. The van der Waals surface area contributed by atoms with E-state index in [1.807, 2.05) is 0 Å². The van der Waals surface area contributed by atoms with E-state index in [1.54, 1.807) is 0 Å². The molecule has 126 valence electrons. The number of unbranched alkanes of at least 4 members (excludes halogenated alkanes) is 2. The predicted molar refractivity (Wildman–Crippen MR) is 107 cm³/mol. The summed E-state index contributed by atoms with van der Waals surface area (Å²) in [7, 11) is 0. The molecule has 0 aliphatic rings. The smallest absolute Gasteiger partial charge is 0.415 e. The molecule has 0 radical (unpaired) electrons. The molecule has 0 aliphatic heterocycles. The Hall–Kier alpha value is 0.908. The van der Waals surface area contributed by atoms with Crippen LogP contribution in [-0.4, -0.2) is 8.64 Å². The average Bonchev–Trinajstić information content (AvgIpc) is 2.34. The van der Waals surface area contributed by atoms with E-state index in [9.17, 15) is 0 Å². The van der Waals surface area contributed by atoms with Gasteiger partial charge >= 0.3 is 21.1 Å². The fourth-order valence-electron chi connectivity index (χ4n) is 0.697. The van der Waals surface area contributed by atoms with Crippen LogP contribution in [0.3, 0.4) is 0 Å². The van der Waals surface area contributed by atoms with Crippen LogP contribution in [0, 0.1) is 19.8 Å². The van der Waals surface area contributed by atoms with Crippen molar-refractivity contribution in [1.29, 1.82) is 0 Å². The van der Waals surface area contributed by atoms with Crippen molar-refractivity contribution in [1.82, 2.24) is 0 Å². The van der Waals surface area contributed by atoms with Crippen LogP contribution in [0.2, 0.25) is 0 Å². The first-order valence-electron chi connectivity index (χ1n) is 6.74. The van der Waals surface area contributed by atoms with Crippen LogP contribution in [0.15, 0.2) is 0 Å². The third-order valence-electron chi connectivity index (χ3n) is 1.90. The third kappa shape index (κ3) is 120. The average molecular weight is 451 g/mol. The summed E-state index contributed by atoms with van der Waals surface area (Å²) in [5.41, 5.74) is 9.31. The van der Waals surface area contributed by atoms with Crippen molar-refractivity contribution in [2.24, 2.45) is 17.4 Å². The van der Waals surface area contributed by atoms with E-state index in [0.29, 0.717) is 5.92 Å². The zero-order chi connectivity index (χ0) is 17.0. The van der Waals surface area contributed by atoms with Gasteiger partial charge in [-0.1, -0.05) is 61.5 Å². The monoisotopic (exact) mass is 452 g/mol. The summed E-state index contributed by atoms with van der Waals surface area (Å²) < 4.78 is 0.167. The van der Waals surface area contributed by atoms with Gasteiger partial charge in [0.05, 0.1) is 0 Å². The first kappa shape index (κ1) is 33.5. The van der Waals surface area contributed by atoms with Crippen LogP contribution in [0.5, 0.6) is 0 Å². The van der Waals surface area contributed by atoms with E-state index < -0.39 is 0 Å². The predicted octanol–water partition coefficient (Wildman–Crippen LogP) is 4.21. The Morgan fingerprint density at radius 3 is 1.48 bits per heavy atom. The molecule has 4 N–H and O–H groups in total. The molecule has 0 heterocycles. The second-order valence-corrected chi connectivity index (χ2v) is 6.18. The Labute approximate surface area is 169 Å². The van der Waals surface area contributed by atoms with Crippen molar-refractivity contribution >= 4 is 58.3 Å². The van der Waals surface area contributed by atoms with Crippen LogP contribution in [0.4, 0.5) is 0 Å². The normalized spacial score (nSPS) is 9.00. The second kappa shape index (κ2) is 32.7. The molecule has 2 nitrogen and oxygen atoms in total. The van der Waals surface area contributed by atoms with Gasteiger partial charge in [-0.2, -0.15) is 12.3 Å². The van der Waals surface area contributed by atoms with Crippen molar-refractivity contribution in [3.05, 3.63) is 13.8 Å². The molecule has 0 rings (SSSR count). The van der Waals surface area contributed by atoms with Gasteiger partial charge in [-0.3, -0.25) is 0 Å². The largest absolute Gasteiger partial charge is 4.00 e. The summed E-state index contributed by atoms with van der Waals surface area (Å²) in [4.78, 5) is 0. The van der Waals surface area contributed by atoms with Gasteiger partial charge in [-0.15, -0.1) is 0 Å². The SMILES string of the molecule is NC(=S)[S-].NC(=S)[S-].[CH2-]C(CC)CCCC.[CH2-]CCC.[Mo+4]. The zero-order valence-corrected chi connectivity index (χ0v) is 18.7. The van der Waals surface area contributed by atoms with Gasteiger partial charge in [-0.25, -0.2) is 0 Å². The number of nitrogens with two attached hydrogens (primary N) is 2. The number of thiocarbonyl (C=S) groups is 2. The van der Waals surface area contributed by atoms with Crippen LogP contribution >= 0.6 is 24.4 Å². The second-order valence-electron chi connectivity index (χ2n) is 3.91. The summed E-state index contributed by atoms with van der Waals surface area (Å²) in [5.74, 6) is 0.704. The minimum atomic E-state index is 0. The van der Waals surface area contributed by atoms with Gasteiger partial charge in [0.15, 0.2) is 0 Å². The summed E-state index contributed by atoms with van der Waals surface area (Å²) in [6.07, 6.45) is 7.49. The molecule has 0 aromatic heterocycles. The molecule has 0 aromatic rings. The molecule has 0 aromatic carbocycles. The van der Waals surface area contributed by atoms with E-state index in [2.05, 4.69) is 95.8 Å². The minimum Gasteiger partial charge on any atom is -0.415 e. The van der Waals surface area contributed by atoms with Gasteiger partial charge < -0.3 is 75.0 Å². The van der Waals surface area contributed by atoms with Gasteiger partial charge in [-0.05, 0) is 0 Å². The van der Waals surface area contributed by atoms with E-state index >= 15 is 0 Å². The molecule has 21 heavy (non-hydrogen) atoms. The minimum absolute atomic E-state index is 0. The molecule has 0 fully saturated rings. The maximum Gasteiger partial charge on any atom is 4.00 e. The molecular weight excluding hydrogens is 420 g/mol. The first-order valence-corrected chi connectivity index (χ1v) is 8.37. The molecule has 7 heteroatoms. The molecule has 0 bridgehead atoms. The quantitative estimate of drug-likeness (QED) is 0.283. The maximum atomic E-state index is 4.66. The number of hydrogen-bond acceptors (Lipinski definition) is 4. The molecule has 0 spiro atoms. The molecule has 0 aliphatic carbocycles. The molecule has 1 atom stereocenters. The third-order valence-corrected chi connectivity index (χ3v) is 1.90. The topological polar surface area (TPSA) is 52.0 Å². The fraction of sp³-hybridized carbons (Fsp3) is 0.714. The van der Waals surface area contributed by atoms with Crippen LogP contribution < -0.4 is 11.5 Å². The van der Waals surface area contributed by atoms with Gasteiger partial charge in [0.2, 0.25) is 0 Å². The molecule has 0 saturated carbocycles. The Morgan fingerprint density at radius 1 is 1.05 bits per heavy atom. The maximum absolute atomic E-state index is 4.66. The van der Waals surface area contributed by atoms with Gasteiger partial charge in [0, 0.05) is 0 Å². The van der Waals surface area contributed by atoms with Crippen molar-refractivity contribution in [2.45, 2.75) is 59.3 Å². The van der Waals surface area contributed by atoms with Gasteiger partial charge in [0.25, 0.3) is 0 Å². The van der Waals surface area contributed by atoms with E-state index in [0.717, 1.165) is 6.42 Å². The zero-order valence-electron chi connectivity index (χ0n) is 13.4. The number of rotatable bonds is 5. The van der Waals surface area contributed by atoms with Crippen molar-refractivity contribution in [3.8, 4) is 0 Å². The summed E-state index contributed by atoms with van der Waals surface area (Å²) in [5, 5.41) is 0. The number of hydrogen-bond donors (Lipinski definition) is 2. The summed E-state index contributed by atoms with van der Waals surface area (Å²) in [6, 6.07) is 0. The molecule has 1 unspecified atom stereocenters. The van der Waals surface area contributed by atoms with Crippen molar-refractivity contribution in [2.75, 3.05) is 0 Å². The molecule has 0 amide bonds. The first-order chi connectivity index (χ1) is 9.19. The Bertz CT molecular complexity index is 183. The standard InChI is InChI=1S/C8H17.C4H9.2CH3NS2.Mo/c1-4-6-7-8(3)5-2;1-3-4-2;2*2-1(3)4;/h8H,3-7H2,1-2H3;1,3-4H2,2H3;2*(H3,2,3,4);/q2*-1;;;+4/p-2. The Balaban J connectivity index is -0.0000000570. The van der Waals surface area contributed by atoms with Crippen LogP contribution in [-0.2, 0) is 46.3 Å². The summed E-state index contributed by atoms with van der Waals surface area (Å²) in [6.45, 7) is 14.1. The van der Waals surface area contributed by atoms with Crippen LogP contribution in [0.1, 0.15) is 59.3 Å². The molecular formula is C14H30MoN2S4.